The molecule has 3 heterocycles. The molecule has 1 N–H and O–H groups in total. The molecule has 2 aliphatic heterocycles. The van der Waals surface area contributed by atoms with Crippen LogP contribution in [-0.2, 0) is 14.1 Å². The highest BCUT2D eigenvalue weighted by atomic mass is 19.1. The van der Waals surface area contributed by atoms with Gasteiger partial charge in [0.2, 0.25) is 11.9 Å². The van der Waals surface area contributed by atoms with Crippen molar-refractivity contribution >= 4 is 35.3 Å². The molecule has 2 aliphatic rings. The average molecular weight is 386 g/mol. The largest absolute Gasteiger partial charge is 0.497 e. The number of likely N-dealkylation sites (tertiary alicyclic amines) is 1. The van der Waals surface area contributed by atoms with Crippen LogP contribution in [0.5, 0.6) is 0 Å². The summed E-state index contributed by atoms with van der Waals surface area (Å²) >= 11 is 0. The maximum atomic E-state index is 15.1. The van der Waals surface area contributed by atoms with Crippen LogP contribution in [0.4, 0.5) is 10.3 Å². The Morgan fingerprint density at radius 3 is 2.50 bits per heavy atom. The molecule has 0 saturated carbocycles. The Bertz CT molecular complexity index is 930. The lowest BCUT2D eigenvalue weighted by atomic mass is 9.78. The Hall–Kier alpha value is -2.26. The number of anilines is 1. The Morgan fingerprint density at radius 2 is 1.89 bits per heavy atom. The number of carbonyl (C=O) groups excluding carboxylic acids is 1. The molecule has 2 saturated heterocycles. The minimum Gasteiger partial charge on any atom is -0.399 e. The van der Waals surface area contributed by atoms with E-state index in [1.54, 1.807) is 24.0 Å². The van der Waals surface area contributed by atoms with Gasteiger partial charge in [-0.15, -0.1) is 0 Å². The van der Waals surface area contributed by atoms with E-state index in [0.29, 0.717) is 35.4 Å². The number of nitrogens with zero attached hydrogens (tertiary/aromatic N) is 3. The van der Waals surface area contributed by atoms with Crippen molar-refractivity contribution in [2.75, 3.05) is 18.4 Å². The predicted molar refractivity (Wildman–Crippen MR) is 105 cm³/mol. The molecule has 148 valence electrons. The molecule has 1 aromatic carbocycles. The van der Waals surface area contributed by atoms with Gasteiger partial charge in [-0.05, 0) is 33.8 Å². The van der Waals surface area contributed by atoms with Crippen molar-refractivity contribution in [3.8, 4) is 0 Å². The maximum absolute atomic E-state index is 15.1. The fraction of sp³-hybridized carbons (Fsp3) is 0.526. The van der Waals surface area contributed by atoms with E-state index in [0.717, 1.165) is 0 Å². The van der Waals surface area contributed by atoms with Crippen LogP contribution in [0, 0.1) is 5.82 Å². The van der Waals surface area contributed by atoms with E-state index in [4.69, 9.17) is 9.31 Å². The fourth-order valence-electron chi connectivity index (χ4n) is 3.32. The van der Waals surface area contributed by atoms with Gasteiger partial charge in [-0.1, -0.05) is 6.07 Å². The first-order valence-corrected chi connectivity index (χ1v) is 9.40. The Morgan fingerprint density at radius 1 is 1.25 bits per heavy atom. The monoisotopic (exact) mass is 386 g/mol. The number of amides is 1. The molecule has 0 aliphatic carbocycles. The number of nitrogens with one attached hydrogen (secondary N) is 1. The van der Waals surface area contributed by atoms with Gasteiger partial charge in [0, 0.05) is 31.7 Å². The SMILES string of the molecule is CC(=O)N1CC(Nc2ncc3c(F)c(B4OC(C)(C)C(C)(C)O4)ccc3n2)C1. The van der Waals surface area contributed by atoms with E-state index in [1.807, 2.05) is 27.7 Å². The molecule has 1 aromatic heterocycles. The molecular formula is C19H24BFN4O3. The summed E-state index contributed by atoms with van der Waals surface area (Å²) in [6, 6.07) is 3.50. The molecule has 2 fully saturated rings. The molecule has 9 heteroatoms. The third kappa shape index (κ3) is 3.12. The number of carbonyl (C=O) groups is 1. The first-order valence-electron chi connectivity index (χ1n) is 9.40. The molecule has 1 amide bonds. The fourth-order valence-corrected chi connectivity index (χ4v) is 3.32. The minimum absolute atomic E-state index is 0.0507. The van der Waals surface area contributed by atoms with Crippen LogP contribution in [0.2, 0.25) is 0 Å². The van der Waals surface area contributed by atoms with Crippen LogP contribution in [0.1, 0.15) is 34.6 Å². The van der Waals surface area contributed by atoms with Crippen LogP contribution < -0.4 is 10.8 Å². The summed E-state index contributed by atoms with van der Waals surface area (Å²) in [6.07, 6.45) is 1.47. The summed E-state index contributed by atoms with van der Waals surface area (Å²) < 4.78 is 27.1. The molecule has 28 heavy (non-hydrogen) atoms. The number of fused-ring (bicyclic) bond motifs is 1. The highest BCUT2D eigenvalue weighted by Gasteiger charge is 2.52. The second kappa shape index (κ2) is 6.38. The van der Waals surface area contributed by atoms with Gasteiger partial charge in [-0.3, -0.25) is 4.79 Å². The van der Waals surface area contributed by atoms with E-state index in [9.17, 15) is 4.79 Å². The number of halogens is 1. The minimum atomic E-state index is -0.778. The van der Waals surface area contributed by atoms with Crippen LogP contribution >= 0.6 is 0 Å². The van der Waals surface area contributed by atoms with Crippen molar-refractivity contribution in [1.82, 2.24) is 14.9 Å². The van der Waals surface area contributed by atoms with E-state index >= 15 is 4.39 Å². The van der Waals surface area contributed by atoms with Crippen LogP contribution in [0.3, 0.4) is 0 Å². The first-order chi connectivity index (χ1) is 13.1. The number of rotatable bonds is 3. The summed E-state index contributed by atoms with van der Waals surface area (Å²) in [5.74, 6) is 0.0345. The van der Waals surface area contributed by atoms with Crippen LogP contribution in [-0.4, -0.2) is 58.2 Å². The summed E-state index contributed by atoms with van der Waals surface area (Å²) in [4.78, 5) is 21.6. The molecule has 4 rings (SSSR count). The van der Waals surface area contributed by atoms with Crippen LogP contribution in [0.15, 0.2) is 18.3 Å². The van der Waals surface area contributed by atoms with E-state index in [-0.39, 0.29) is 11.9 Å². The smallest absolute Gasteiger partial charge is 0.399 e. The van der Waals surface area contributed by atoms with Crippen molar-refractivity contribution in [3.05, 3.63) is 24.1 Å². The average Bonchev–Trinajstić information content (AvgIpc) is 2.78. The standard InChI is InChI=1S/C19H24BFN4O3/c1-11(26)25-9-12(10-25)23-17-22-8-13-15(24-17)7-6-14(16(13)21)20-27-18(2,3)19(4,5)28-20/h6-8,12H,9-10H2,1-5H3,(H,22,23,24). The zero-order valence-electron chi connectivity index (χ0n) is 16.7. The number of benzene rings is 1. The second-order valence-corrected chi connectivity index (χ2v) is 8.45. The molecule has 0 spiro atoms. The summed E-state index contributed by atoms with van der Waals surface area (Å²) in [7, 11) is -0.778. The Kier molecular flexibility index (Phi) is 4.35. The highest BCUT2D eigenvalue weighted by molar-refractivity contribution is 6.62. The normalized spacial score (nSPS) is 21.1. The number of hydrogen-bond acceptors (Lipinski definition) is 6. The zero-order valence-corrected chi connectivity index (χ0v) is 16.7. The van der Waals surface area contributed by atoms with Crippen LogP contribution in [0.25, 0.3) is 10.9 Å². The second-order valence-electron chi connectivity index (χ2n) is 8.45. The number of hydrogen-bond donors (Lipinski definition) is 1. The summed E-state index contributed by atoms with van der Waals surface area (Å²) in [5, 5.41) is 3.49. The zero-order chi connectivity index (χ0) is 20.3. The van der Waals surface area contributed by atoms with Crippen molar-refractivity contribution in [3.63, 3.8) is 0 Å². The maximum Gasteiger partial charge on any atom is 0.497 e. The van der Waals surface area contributed by atoms with E-state index in [1.165, 1.54) is 6.20 Å². The number of aromatic nitrogens is 2. The van der Waals surface area contributed by atoms with Gasteiger partial charge in [0.1, 0.15) is 5.82 Å². The third-order valence-electron chi connectivity index (χ3n) is 5.90. The van der Waals surface area contributed by atoms with Crippen molar-refractivity contribution in [2.45, 2.75) is 51.9 Å². The van der Waals surface area contributed by atoms with Gasteiger partial charge < -0.3 is 19.5 Å². The van der Waals surface area contributed by atoms with Gasteiger partial charge in [-0.25, -0.2) is 14.4 Å². The molecule has 7 nitrogen and oxygen atoms in total. The quantitative estimate of drug-likeness (QED) is 0.810. The lowest BCUT2D eigenvalue weighted by Gasteiger charge is -2.38. The molecule has 0 atom stereocenters. The lowest BCUT2D eigenvalue weighted by Crippen LogP contribution is -2.56. The summed E-state index contributed by atoms with van der Waals surface area (Å²) in [5.41, 5.74) is -0.246. The van der Waals surface area contributed by atoms with Gasteiger partial charge >= 0.3 is 7.12 Å². The molecule has 0 bridgehead atoms. The molecule has 0 unspecified atom stereocenters. The third-order valence-corrected chi connectivity index (χ3v) is 5.90. The van der Waals surface area contributed by atoms with E-state index in [2.05, 4.69) is 15.3 Å². The first kappa shape index (κ1) is 19.1. The predicted octanol–water partition coefficient (Wildman–Crippen LogP) is 1.71. The topological polar surface area (TPSA) is 76.6 Å². The van der Waals surface area contributed by atoms with E-state index < -0.39 is 24.1 Å². The Balaban J connectivity index is 1.55. The van der Waals surface area contributed by atoms with Crippen molar-refractivity contribution in [2.24, 2.45) is 0 Å². The molecule has 2 aromatic rings. The Labute approximate surface area is 163 Å². The van der Waals surface area contributed by atoms with Crippen molar-refractivity contribution in [1.29, 1.82) is 0 Å². The van der Waals surface area contributed by atoms with Gasteiger partial charge in [0.25, 0.3) is 0 Å². The molecular weight excluding hydrogens is 362 g/mol. The summed E-state index contributed by atoms with van der Waals surface area (Å²) in [6.45, 7) is 10.5. The van der Waals surface area contributed by atoms with Gasteiger partial charge in [0.15, 0.2) is 0 Å². The van der Waals surface area contributed by atoms with Gasteiger partial charge in [-0.2, -0.15) is 0 Å². The van der Waals surface area contributed by atoms with Crippen molar-refractivity contribution < 1.29 is 18.5 Å². The molecule has 0 radical (unpaired) electrons. The highest BCUT2D eigenvalue weighted by Crippen LogP contribution is 2.37. The lowest BCUT2D eigenvalue weighted by molar-refractivity contribution is -0.132. The van der Waals surface area contributed by atoms with Gasteiger partial charge in [0.05, 0.1) is 28.1 Å².